The van der Waals surface area contributed by atoms with Crippen LogP contribution >= 0.6 is 11.6 Å². The molecule has 0 fully saturated rings. The maximum Gasteiger partial charge on any atom is 0.276 e. The van der Waals surface area contributed by atoms with Crippen molar-refractivity contribution in [3.63, 3.8) is 0 Å². The zero-order chi connectivity index (χ0) is 18.5. The van der Waals surface area contributed by atoms with E-state index in [2.05, 4.69) is 20.8 Å². The Hall–Kier alpha value is -2.99. The quantitative estimate of drug-likeness (QED) is 0.696. The van der Waals surface area contributed by atoms with Crippen LogP contribution in [0.4, 0.5) is 15.9 Å². The number of nitrogens with one attached hydrogen (secondary N) is 2. The molecule has 0 saturated heterocycles. The van der Waals surface area contributed by atoms with Crippen molar-refractivity contribution in [2.75, 3.05) is 10.6 Å². The first kappa shape index (κ1) is 17.8. The number of benzene rings is 2. The predicted octanol–water partition coefficient (Wildman–Crippen LogP) is 4.44. The number of carbonyl (C=O) groups excluding carboxylic acids is 1. The molecule has 2 aromatic carbocycles. The summed E-state index contributed by atoms with van der Waals surface area (Å²) in [5, 5.41) is 14.3. The fourth-order valence-electron chi connectivity index (χ4n) is 2.21. The van der Waals surface area contributed by atoms with Gasteiger partial charge in [0.1, 0.15) is 11.6 Å². The van der Waals surface area contributed by atoms with Crippen molar-refractivity contribution in [1.29, 1.82) is 0 Å². The highest BCUT2D eigenvalue weighted by molar-refractivity contribution is 6.31. The predicted molar refractivity (Wildman–Crippen MR) is 99.9 cm³/mol. The van der Waals surface area contributed by atoms with Gasteiger partial charge in [-0.3, -0.25) is 4.79 Å². The summed E-state index contributed by atoms with van der Waals surface area (Å²) in [7, 11) is 0. The number of rotatable bonds is 5. The summed E-state index contributed by atoms with van der Waals surface area (Å²) in [5.41, 5.74) is 2.62. The average Bonchev–Trinajstić information content (AvgIpc) is 2.65. The molecule has 0 spiro atoms. The van der Waals surface area contributed by atoms with Gasteiger partial charge in [-0.05, 0) is 54.4 Å². The highest BCUT2D eigenvalue weighted by atomic mass is 35.5. The summed E-state index contributed by atoms with van der Waals surface area (Å²) in [6, 6.07) is 14.7. The zero-order valence-corrected chi connectivity index (χ0v) is 14.7. The van der Waals surface area contributed by atoms with Gasteiger partial charge in [0, 0.05) is 17.3 Å². The second-order valence-corrected chi connectivity index (χ2v) is 6.11. The van der Waals surface area contributed by atoms with E-state index >= 15 is 0 Å². The van der Waals surface area contributed by atoms with Crippen molar-refractivity contribution < 1.29 is 9.18 Å². The number of aromatic nitrogens is 2. The van der Waals surface area contributed by atoms with E-state index in [4.69, 9.17) is 11.6 Å². The highest BCUT2D eigenvalue weighted by Gasteiger charge is 2.09. The van der Waals surface area contributed by atoms with Crippen LogP contribution in [0.1, 0.15) is 21.6 Å². The molecule has 0 aliphatic heterocycles. The van der Waals surface area contributed by atoms with Gasteiger partial charge in [0.15, 0.2) is 5.69 Å². The lowest BCUT2D eigenvalue weighted by molar-refractivity contribution is 0.102. The van der Waals surface area contributed by atoms with Crippen LogP contribution in [0.5, 0.6) is 0 Å². The molecule has 0 saturated carbocycles. The first-order valence-electron chi connectivity index (χ1n) is 7.91. The summed E-state index contributed by atoms with van der Waals surface area (Å²) >= 11 is 6.05. The zero-order valence-electron chi connectivity index (χ0n) is 14.0. The minimum atomic E-state index is -0.373. The maximum absolute atomic E-state index is 12.9. The SMILES string of the molecule is Cc1ccc(NC(=O)c2ccc(NCc3ccc(F)cc3)nn2)cc1Cl. The molecular weight excluding hydrogens is 355 g/mol. The van der Waals surface area contributed by atoms with Crippen molar-refractivity contribution in [2.24, 2.45) is 0 Å². The molecule has 3 aromatic rings. The number of hydrogen-bond acceptors (Lipinski definition) is 4. The Kier molecular flexibility index (Phi) is 5.43. The van der Waals surface area contributed by atoms with E-state index < -0.39 is 0 Å². The standard InChI is InChI=1S/C19H16ClFN4O/c1-12-2-7-15(10-16(12)20)23-19(26)17-8-9-18(25-24-17)22-11-13-3-5-14(21)6-4-13/h2-10H,11H2,1H3,(H,22,25)(H,23,26). The van der Waals surface area contributed by atoms with E-state index in [-0.39, 0.29) is 17.4 Å². The van der Waals surface area contributed by atoms with E-state index in [1.807, 2.05) is 13.0 Å². The molecule has 0 aliphatic carbocycles. The summed E-state index contributed by atoms with van der Waals surface area (Å²) in [6.07, 6.45) is 0. The van der Waals surface area contributed by atoms with Gasteiger partial charge in [0.05, 0.1) is 0 Å². The lowest BCUT2D eigenvalue weighted by atomic mass is 10.2. The Labute approximate surface area is 155 Å². The third kappa shape index (κ3) is 4.55. The number of aryl methyl sites for hydroxylation is 1. The number of nitrogens with zero attached hydrogens (tertiary/aromatic N) is 2. The largest absolute Gasteiger partial charge is 0.365 e. The fraction of sp³-hybridized carbons (Fsp3) is 0.105. The lowest BCUT2D eigenvalue weighted by Gasteiger charge is -2.07. The second kappa shape index (κ2) is 7.93. The van der Waals surface area contributed by atoms with Gasteiger partial charge in [0.25, 0.3) is 5.91 Å². The van der Waals surface area contributed by atoms with E-state index in [0.29, 0.717) is 23.1 Å². The first-order chi connectivity index (χ1) is 12.5. The van der Waals surface area contributed by atoms with Crippen LogP contribution in [0.15, 0.2) is 54.6 Å². The van der Waals surface area contributed by atoms with E-state index in [9.17, 15) is 9.18 Å². The Morgan fingerprint density at radius 3 is 2.50 bits per heavy atom. The molecule has 0 unspecified atom stereocenters. The van der Waals surface area contributed by atoms with Crippen molar-refractivity contribution in [2.45, 2.75) is 13.5 Å². The van der Waals surface area contributed by atoms with Crippen molar-refractivity contribution in [3.8, 4) is 0 Å². The van der Waals surface area contributed by atoms with Gasteiger partial charge in [-0.1, -0.05) is 29.8 Å². The van der Waals surface area contributed by atoms with Gasteiger partial charge >= 0.3 is 0 Å². The normalized spacial score (nSPS) is 10.4. The molecule has 7 heteroatoms. The monoisotopic (exact) mass is 370 g/mol. The third-order valence-electron chi connectivity index (χ3n) is 3.71. The van der Waals surface area contributed by atoms with Crippen LogP contribution in [0.3, 0.4) is 0 Å². The number of hydrogen-bond donors (Lipinski definition) is 2. The molecule has 26 heavy (non-hydrogen) atoms. The van der Waals surface area contributed by atoms with Crippen LogP contribution in [-0.4, -0.2) is 16.1 Å². The van der Waals surface area contributed by atoms with Gasteiger partial charge in [-0.2, -0.15) is 0 Å². The summed E-state index contributed by atoms with van der Waals surface area (Å²) in [4.78, 5) is 12.2. The molecule has 1 heterocycles. The molecule has 0 aliphatic rings. The van der Waals surface area contributed by atoms with Crippen molar-refractivity contribution >= 4 is 29.0 Å². The van der Waals surface area contributed by atoms with Gasteiger partial charge in [0.2, 0.25) is 0 Å². The smallest absolute Gasteiger partial charge is 0.276 e. The molecule has 0 bridgehead atoms. The first-order valence-corrected chi connectivity index (χ1v) is 8.28. The summed E-state index contributed by atoms with van der Waals surface area (Å²) in [6.45, 7) is 2.36. The molecule has 0 atom stereocenters. The van der Waals surface area contributed by atoms with Gasteiger partial charge in [-0.15, -0.1) is 10.2 Å². The van der Waals surface area contributed by atoms with E-state index in [0.717, 1.165) is 11.1 Å². The molecule has 1 aromatic heterocycles. The summed E-state index contributed by atoms with van der Waals surface area (Å²) in [5.74, 6) is -0.134. The highest BCUT2D eigenvalue weighted by Crippen LogP contribution is 2.20. The Balaban J connectivity index is 1.60. The lowest BCUT2D eigenvalue weighted by Crippen LogP contribution is -2.15. The van der Waals surface area contributed by atoms with Crippen LogP contribution in [0.25, 0.3) is 0 Å². The second-order valence-electron chi connectivity index (χ2n) is 5.70. The van der Waals surface area contributed by atoms with Gasteiger partial charge in [-0.25, -0.2) is 4.39 Å². The Morgan fingerprint density at radius 1 is 1.08 bits per heavy atom. The number of carbonyl (C=O) groups is 1. The van der Waals surface area contributed by atoms with Crippen LogP contribution in [0.2, 0.25) is 5.02 Å². The molecule has 2 N–H and O–H groups in total. The molecule has 5 nitrogen and oxygen atoms in total. The van der Waals surface area contributed by atoms with Crippen LogP contribution < -0.4 is 10.6 Å². The topological polar surface area (TPSA) is 66.9 Å². The number of halogens is 2. The number of amides is 1. The Morgan fingerprint density at radius 2 is 1.85 bits per heavy atom. The van der Waals surface area contributed by atoms with Crippen LogP contribution in [0, 0.1) is 12.7 Å². The van der Waals surface area contributed by atoms with Crippen LogP contribution in [-0.2, 0) is 6.54 Å². The average molecular weight is 371 g/mol. The minimum Gasteiger partial charge on any atom is -0.365 e. The van der Waals surface area contributed by atoms with E-state index in [1.165, 1.54) is 12.1 Å². The fourth-order valence-corrected chi connectivity index (χ4v) is 2.39. The molecule has 0 radical (unpaired) electrons. The summed E-state index contributed by atoms with van der Waals surface area (Å²) < 4.78 is 12.9. The minimum absolute atomic E-state index is 0.189. The molecule has 1 amide bonds. The number of anilines is 2. The Bertz CT molecular complexity index is 914. The van der Waals surface area contributed by atoms with Crippen molar-refractivity contribution in [1.82, 2.24) is 10.2 Å². The molecule has 3 rings (SSSR count). The van der Waals surface area contributed by atoms with E-state index in [1.54, 1.807) is 36.4 Å². The van der Waals surface area contributed by atoms with Gasteiger partial charge < -0.3 is 10.6 Å². The maximum atomic E-state index is 12.9. The molecule has 132 valence electrons. The third-order valence-corrected chi connectivity index (χ3v) is 4.12. The molecular formula is C19H16ClFN4O. The van der Waals surface area contributed by atoms with Crippen molar-refractivity contribution in [3.05, 3.63) is 82.3 Å².